The summed E-state index contributed by atoms with van der Waals surface area (Å²) in [5, 5.41) is 13.0. The number of nitrogens with one attached hydrogen (secondary N) is 2. The van der Waals surface area contributed by atoms with E-state index in [1.165, 1.54) is 0 Å². The molecule has 82 valence electrons. The van der Waals surface area contributed by atoms with Crippen molar-refractivity contribution in [3.8, 4) is 0 Å². The lowest BCUT2D eigenvalue weighted by atomic mass is 9.99. The quantitative estimate of drug-likeness (QED) is 0.655. The number of aromatic nitrogens is 2. The first-order chi connectivity index (χ1) is 7.75. The number of hydrogen-bond donors (Lipinski definition) is 3. The maximum atomic E-state index is 10.9. The summed E-state index contributed by atoms with van der Waals surface area (Å²) in [7, 11) is 0. The van der Waals surface area contributed by atoms with Crippen LogP contribution in [0.15, 0.2) is 18.3 Å². The number of rotatable bonds is 1. The molecule has 0 bridgehead atoms. The Morgan fingerprint density at radius 3 is 3.25 bits per heavy atom. The average molecular weight is 217 g/mol. The van der Waals surface area contributed by atoms with Crippen molar-refractivity contribution in [3.63, 3.8) is 0 Å². The summed E-state index contributed by atoms with van der Waals surface area (Å²) in [6.45, 7) is 0.558. The van der Waals surface area contributed by atoms with Gasteiger partial charge in [-0.15, -0.1) is 0 Å². The number of hydrogen-bond acceptors (Lipinski definition) is 3. The molecule has 2 aromatic rings. The first-order valence-corrected chi connectivity index (χ1v) is 5.16. The van der Waals surface area contributed by atoms with Crippen LogP contribution in [0.4, 0.5) is 0 Å². The maximum absolute atomic E-state index is 10.9. The van der Waals surface area contributed by atoms with Crippen LogP contribution in [0.1, 0.15) is 11.3 Å². The summed E-state index contributed by atoms with van der Waals surface area (Å²) in [5.41, 5.74) is 2.96. The van der Waals surface area contributed by atoms with Crippen molar-refractivity contribution in [2.45, 2.75) is 19.0 Å². The number of aromatic amines is 1. The summed E-state index contributed by atoms with van der Waals surface area (Å²) < 4.78 is 0. The number of pyridine rings is 1. The molecule has 16 heavy (non-hydrogen) atoms. The van der Waals surface area contributed by atoms with E-state index in [2.05, 4.69) is 15.3 Å². The van der Waals surface area contributed by atoms with Crippen LogP contribution in [0.3, 0.4) is 0 Å². The number of nitrogens with zero attached hydrogens (tertiary/aromatic N) is 1. The minimum Gasteiger partial charge on any atom is -0.480 e. The molecule has 0 amide bonds. The Balaban J connectivity index is 2.11. The van der Waals surface area contributed by atoms with Crippen molar-refractivity contribution in [3.05, 3.63) is 29.6 Å². The first-order valence-electron chi connectivity index (χ1n) is 5.16. The molecule has 5 heteroatoms. The Bertz CT molecular complexity index is 561. The third-order valence-electron chi connectivity index (χ3n) is 3.00. The van der Waals surface area contributed by atoms with Crippen LogP contribution in [0.25, 0.3) is 11.0 Å². The lowest BCUT2D eigenvalue weighted by Gasteiger charge is -2.20. The molecule has 3 rings (SSSR count). The Labute approximate surface area is 91.5 Å². The van der Waals surface area contributed by atoms with Crippen LogP contribution in [0.2, 0.25) is 0 Å². The van der Waals surface area contributed by atoms with Gasteiger partial charge in [0.25, 0.3) is 0 Å². The number of carboxylic acids is 1. The Kier molecular flexibility index (Phi) is 1.94. The van der Waals surface area contributed by atoms with Gasteiger partial charge in [0.2, 0.25) is 0 Å². The smallest absolute Gasteiger partial charge is 0.321 e. The van der Waals surface area contributed by atoms with Crippen LogP contribution in [0, 0.1) is 0 Å². The Morgan fingerprint density at radius 2 is 2.44 bits per heavy atom. The van der Waals surface area contributed by atoms with Gasteiger partial charge in [-0.3, -0.25) is 10.1 Å². The number of carboxylic acid groups (broad SMARTS) is 1. The van der Waals surface area contributed by atoms with Gasteiger partial charge in [-0.05, 0) is 17.7 Å². The number of fused-ring (bicyclic) bond motifs is 3. The minimum absolute atomic E-state index is 0.494. The SMILES string of the molecule is O=C(O)C1Cc2c([nH]c3ncccc23)CN1. The molecular formula is C11H11N3O2. The third kappa shape index (κ3) is 1.29. The largest absolute Gasteiger partial charge is 0.480 e. The second-order valence-corrected chi connectivity index (χ2v) is 3.96. The van der Waals surface area contributed by atoms with Crippen LogP contribution in [-0.4, -0.2) is 27.1 Å². The molecule has 0 spiro atoms. The highest BCUT2D eigenvalue weighted by Crippen LogP contribution is 2.25. The molecule has 1 aliphatic rings. The van der Waals surface area contributed by atoms with Gasteiger partial charge in [0.1, 0.15) is 11.7 Å². The Hall–Kier alpha value is -1.88. The van der Waals surface area contributed by atoms with Crippen molar-refractivity contribution in [2.24, 2.45) is 0 Å². The van der Waals surface area contributed by atoms with Crippen molar-refractivity contribution in [1.29, 1.82) is 0 Å². The fraction of sp³-hybridized carbons (Fsp3) is 0.273. The molecular weight excluding hydrogens is 206 g/mol. The van der Waals surface area contributed by atoms with Crippen molar-refractivity contribution in [1.82, 2.24) is 15.3 Å². The second kappa shape index (κ2) is 3.31. The van der Waals surface area contributed by atoms with E-state index in [-0.39, 0.29) is 0 Å². The van der Waals surface area contributed by atoms with Crippen molar-refractivity contribution < 1.29 is 9.90 Å². The lowest BCUT2D eigenvalue weighted by molar-refractivity contribution is -0.139. The van der Waals surface area contributed by atoms with E-state index in [0.29, 0.717) is 13.0 Å². The van der Waals surface area contributed by atoms with Gasteiger partial charge in [0.15, 0.2) is 0 Å². The topological polar surface area (TPSA) is 78.0 Å². The van der Waals surface area contributed by atoms with Crippen LogP contribution >= 0.6 is 0 Å². The van der Waals surface area contributed by atoms with Gasteiger partial charge in [0.05, 0.1) is 0 Å². The predicted molar refractivity (Wildman–Crippen MR) is 58.1 cm³/mol. The lowest BCUT2D eigenvalue weighted by Crippen LogP contribution is -2.41. The molecule has 0 saturated carbocycles. The zero-order valence-electron chi connectivity index (χ0n) is 8.53. The molecule has 0 radical (unpaired) electrons. The average Bonchev–Trinajstić information content (AvgIpc) is 2.66. The number of H-pyrrole nitrogens is 1. The summed E-state index contributed by atoms with van der Waals surface area (Å²) in [5.74, 6) is -0.802. The molecule has 0 fully saturated rings. The number of aliphatic carboxylic acids is 1. The fourth-order valence-electron chi connectivity index (χ4n) is 2.19. The van der Waals surface area contributed by atoms with E-state index in [1.54, 1.807) is 6.20 Å². The maximum Gasteiger partial charge on any atom is 0.321 e. The third-order valence-corrected chi connectivity index (χ3v) is 3.00. The first kappa shape index (κ1) is 9.35. The molecule has 1 unspecified atom stereocenters. The van der Waals surface area contributed by atoms with E-state index < -0.39 is 12.0 Å². The number of carbonyl (C=O) groups is 1. The Morgan fingerprint density at radius 1 is 1.56 bits per heavy atom. The van der Waals surface area contributed by atoms with Gasteiger partial charge in [0, 0.05) is 30.2 Å². The van der Waals surface area contributed by atoms with Crippen molar-refractivity contribution >= 4 is 17.0 Å². The van der Waals surface area contributed by atoms with E-state index >= 15 is 0 Å². The van der Waals surface area contributed by atoms with Crippen molar-refractivity contribution in [2.75, 3.05) is 0 Å². The van der Waals surface area contributed by atoms with E-state index in [4.69, 9.17) is 5.11 Å². The molecule has 3 heterocycles. The highest BCUT2D eigenvalue weighted by Gasteiger charge is 2.26. The summed E-state index contributed by atoms with van der Waals surface area (Å²) >= 11 is 0. The van der Waals surface area contributed by atoms with Crippen LogP contribution in [-0.2, 0) is 17.8 Å². The van der Waals surface area contributed by atoms with E-state index in [9.17, 15) is 4.79 Å². The molecule has 3 N–H and O–H groups in total. The van der Waals surface area contributed by atoms with E-state index in [0.717, 1.165) is 22.3 Å². The molecule has 2 aromatic heterocycles. The molecule has 0 saturated heterocycles. The molecule has 1 aliphatic heterocycles. The van der Waals surface area contributed by atoms with Gasteiger partial charge in [-0.2, -0.15) is 0 Å². The van der Waals surface area contributed by atoms with E-state index in [1.807, 2.05) is 12.1 Å². The molecule has 0 aliphatic carbocycles. The molecule has 1 atom stereocenters. The predicted octanol–water partition coefficient (Wildman–Crippen LogP) is 0.662. The summed E-state index contributed by atoms with van der Waals surface area (Å²) in [4.78, 5) is 18.4. The molecule has 5 nitrogen and oxygen atoms in total. The minimum atomic E-state index is -0.802. The highest BCUT2D eigenvalue weighted by atomic mass is 16.4. The van der Waals surface area contributed by atoms with Crippen LogP contribution < -0.4 is 5.32 Å². The summed E-state index contributed by atoms with van der Waals surface area (Å²) in [6, 6.07) is 3.35. The fourth-order valence-corrected chi connectivity index (χ4v) is 2.19. The zero-order chi connectivity index (χ0) is 11.1. The normalized spacial score (nSPS) is 19.6. The van der Waals surface area contributed by atoms with Crippen LogP contribution in [0.5, 0.6) is 0 Å². The second-order valence-electron chi connectivity index (χ2n) is 3.96. The monoisotopic (exact) mass is 217 g/mol. The summed E-state index contributed by atoms with van der Waals surface area (Å²) in [6.07, 6.45) is 2.24. The highest BCUT2D eigenvalue weighted by molar-refractivity contribution is 5.83. The van der Waals surface area contributed by atoms with Gasteiger partial charge >= 0.3 is 5.97 Å². The molecule has 0 aromatic carbocycles. The zero-order valence-corrected chi connectivity index (χ0v) is 8.53. The van der Waals surface area contributed by atoms with Gasteiger partial charge in [-0.1, -0.05) is 0 Å². The van der Waals surface area contributed by atoms with Gasteiger partial charge in [-0.25, -0.2) is 4.98 Å². The van der Waals surface area contributed by atoms with Gasteiger partial charge < -0.3 is 10.1 Å². The standard InChI is InChI=1S/C11H11N3O2/c15-11(16)8-4-7-6-2-1-3-12-10(6)14-9(7)5-13-8/h1-3,8,13H,4-5H2,(H,12,14)(H,15,16).